The van der Waals surface area contributed by atoms with Gasteiger partial charge in [0, 0.05) is 27.2 Å². The highest BCUT2D eigenvalue weighted by molar-refractivity contribution is 6.12. The molecule has 0 aliphatic heterocycles. The molecule has 0 atom stereocenters. The number of fused-ring (bicyclic) bond motifs is 6. The molecule has 0 saturated heterocycles. The molecule has 76 heavy (non-hydrogen) atoms. The van der Waals surface area contributed by atoms with Crippen LogP contribution in [-0.2, 0) is 24.7 Å². The molecule has 0 N–H and O–H groups in total. The smallest absolute Gasteiger partial charge is 0.309 e. The first-order valence-corrected chi connectivity index (χ1v) is 23.4. The number of hydrogen-bond donors (Lipinski definition) is 0. The molecule has 0 aliphatic rings. The van der Waals surface area contributed by atoms with Gasteiger partial charge in [-0.3, -0.25) is 0 Å². The maximum absolute atomic E-state index is 14.5. The Kier molecular flexibility index (Phi) is 11.5. The van der Waals surface area contributed by atoms with Gasteiger partial charge in [-0.25, -0.2) is 4.85 Å². The number of halogens is 12. The lowest BCUT2D eigenvalue weighted by molar-refractivity contribution is -0.143. The van der Waals surface area contributed by atoms with Crippen molar-refractivity contribution in [3.05, 3.63) is 221 Å². The predicted molar refractivity (Wildman–Crippen MR) is 273 cm³/mol. The molecule has 11 rings (SSSR count). The number of benzene rings is 9. The SMILES string of the molecule is [C-]#[N+]c1ccc(-n2c3ccccc3c3cc(-c4ccc(C(F)(F)F)cc4C(F)(F)F)ccc32)cc1-c1cc(-c2cc(C)cc(C(F)(F)F)c2)ccc1-n1c2ccccc2c2cc(-c3ccc(C)cc3C(F)(F)F)ccc21. The Morgan fingerprint density at radius 2 is 0.895 bits per heavy atom. The summed E-state index contributed by atoms with van der Waals surface area (Å²) in [5.74, 6) is 0. The molecule has 0 fully saturated rings. The highest BCUT2D eigenvalue weighted by Gasteiger charge is 2.39. The van der Waals surface area contributed by atoms with E-state index in [0.717, 1.165) is 24.3 Å². The zero-order valence-corrected chi connectivity index (χ0v) is 39.6. The molecule has 2 aromatic heterocycles. The Bertz CT molecular complexity index is 4220. The molecule has 15 heteroatoms. The van der Waals surface area contributed by atoms with Crippen LogP contribution in [0.5, 0.6) is 0 Å². The zero-order chi connectivity index (χ0) is 53.8. The van der Waals surface area contributed by atoms with E-state index in [2.05, 4.69) is 4.85 Å². The van der Waals surface area contributed by atoms with Crippen molar-refractivity contribution in [3.8, 4) is 55.9 Å². The third-order valence-electron chi connectivity index (χ3n) is 13.7. The molecule has 0 aliphatic carbocycles. The summed E-state index contributed by atoms with van der Waals surface area (Å²) in [7, 11) is 0. The fraction of sp³-hybridized carbons (Fsp3) is 0.0984. The topological polar surface area (TPSA) is 14.2 Å². The maximum atomic E-state index is 14.5. The van der Waals surface area contributed by atoms with E-state index in [1.807, 2.05) is 21.3 Å². The summed E-state index contributed by atoms with van der Waals surface area (Å²) in [5.41, 5.74) is 0.605. The van der Waals surface area contributed by atoms with Crippen molar-refractivity contribution in [1.29, 1.82) is 0 Å². The maximum Gasteiger partial charge on any atom is 0.417 e. The summed E-state index contributed by atoms with van der Waals surface area (Å²) < 4.78 is 175. The van der Waals surface area contributed by atoms with Gasteiger partial charge in [0.2, 0.25) is 0 Å². The normalized spacial score (nSPS) is 12.6. The first-order valence-electron chi connectivity index (χ1n) is 23.4. The Labute approximate surface area is 424 Å². The molecule has 11 aromatic rings. The first-order chi connectivity index (χ1) is 36.0. The molecular formula is C61H35F12N3. The molecular weight excluding hydrogens is 1000 g/mol. The van der Waals surface area contributed by atoms with Gasteiger partial charge in [0.25, 0.3) is 0 Å². The van der Waals surface area contributed by atoms with E-state index in [1.54, 1.807) is 123 Å². The van der Waals surface area contributed by atoms with Crippen molar-refractivity contribution < 1.29 is 52.7 Å². The average molecular weight is 1040 g/mol. The number of nitrogens with zero attached hydrogens (tertiary/aromatic N) is 3. The van der Waals surface area contributed by atoms with Crippen molar-refractivity contribution in [1.82, 2.24) is 9.13 Å². The van der Waals surface area contributed by atoms with Gasteiger partial charge in [-0.1, -0.05) is 90.5 Å². The van der Waals surface area contributed by atoms with Crippen LogP contribution in [0.4, 0.5) is 58.4 Å². The van der Waals surface area contributed by atoms with Gasteiger partial charge >= 0.3 is 24.7 Å². The summed E-state index contributed by atoms with van der Waals surface area (Å²) in [6, 6.07) is 43.0. The van der Waals surface area contributed by atoms with Gasteiger partial charge in [-0.15, -0.1) is 0 Å². The van der Waals surface area contributed by atoms with E-state index in [-0.39, 0.29) is 28.4 Å². The van der Waals surface area contributed by atoms with Gasteiger partial charge < -0.3 is 9.13 Å². The fourth-order valence-corrected chi connectivity index (χ4v) is 10.4. The average Bonchev–Trinajstić information content (AvgIpc) is 3.93. The van der Waals surface area contributed by atoms with Crippen LogP contribution < -0.4 is 0 Å². The van der Waals surface area contributed by atoms with Crippen molar-refractivity contribution in [2.24, 2.45) is 0 Å². The quantitative estimate of drug-likeness (QED) is 0.116. The van der Waals surface area contributed by atoms with Gasteiger partial charge in [0.05, 0.1) is 56.6 Å². The van der Waals surface area contributed by atoms with Crippen LogP contribution in [0.15, 0.2) is 176 Å². The Balaban J connectivity index is 1.16. The van der Waals surface area contributed by atoms with E-state index in [1.165, 1.54) is 18.2 Å². The van der Waals surface area contributed by atoms with Gasteiger partial charge in [0.15, 0.2) is 5.69 Å². The number of para-hydroxylation sites is 2. The summed E-state index contributed by atoms with van der Waals surface area (Å²) in [6.45, 7) is 11.6. The second-order valence-corrected chi connectivity index (χ2v) is 18.6. The highest BCUT2D eigenvalue weighted by Crippen LogP contribution is 2.47. The van der Waals surface area contributed by atoms with Crippen molar-refractivity contribution in [3.63, 3.8) is 0 Å². The highest BCUT2D eigenvalue weighted by atomic mass is 19.4. The van der Waals surface area contributed by atoms with Crippen molar-refractivity contribution >= 4 is 49.3 Å². The van der Waals surface area contributed by atoms with Crippen molar-refractivity contribution in [2.45, 2.75) is 38.6 Å². The molecule has 0 bridgehead atoms. The van der Waals surface area contributed by atoms with E-state index >= 15 is 0 Å². The van der Waals surface area contributed by atoms with Crippen molar-refractivity contribution in [2.75, 3.05) is 0 Å². The molecule has 0 amide bonds. The van der Waals surface area contributed by atoms with Crippen LogP contribution in [0.2, 0.25) is 0 Å². The minimum atomic E-state index is -5.14. The lowest BCUT2D eigenvalue weighted by atomic mass is 9.94. The van der Waals surface area contributed by atoms with Crippen LogP contribution in [0.3, 0.4) is 0 Å². The molecule has 0 radical (unpaired) electrons. The minimum Gasteiger partial charge on any atom is -0.309 e. The van der Waals surface area contributed by atoms with E-state index < -0.39 is 52.5 Å². The standard InChI is InChI=1S/C61H35F12N3/c1-33-12-18-42(50(26-33)60(68,69)70)36-15-23-56-48(30-36)45-9-5-7-11-54(45)76(56)57-21-13-35(38-24-34(2)25-40(27-38)59(65,66)67)28-49(57)46-32-41(17-20-52(46)74-3)75-53-10-6-4-8-44(53)47-29-37(14-22-55(47)75)43-19-16-39(58(62,63)64)31-51(43)61(71,72)73/h4-32H,1-2H3. The summed E-state index contributed by atoms with van der Waals surface area (Å²) in [4.78, 5) is 3.91. The second-order valence-electron chi connectivity index (χ2n) is 18.6. The summed E-state index contributed by atoms with van der Waals surface area (Å²) in [5, 5.41) is 2.30. The van der Waals surface area contributed by atoms with Crippen LogP contribution in [0.1, 0.15) is 33.4 Å². The number of hydrogen-bond acceptors (Lipinski definition) is 0. The number of aromatic nitrogens is 2. The predicted octanol–water partition coefficient (Wildman–Crippen LogP) is 19.8. The minimum absolute atomic E-state index is 0.00439. The molecule has 0 saturated carbocycles. The van der Waals surface area contributed by atoms with Gasteiger partial charge in [-0.05, 0) is 155 Å². The Morgan fingerprint density at radius 3 is 1.49 bits per heavy atom. The molecule has 2 heterocycles. The van der Waals surface area contributed by atoms with Crippen LogP contribution in [0.25, 0.3) is 104 Å². The zero-order valence-electron chi connectivity index (χ0n) is 39.6. The molecule has 0 spiro atoms. The molecule has 9 aromatic carbocycles. The van der Waals surface area contributed by atoms with Gasteiger partial charge in [0.1, 0.15) is 0 Å². The molecule has 378 valence electrons. The number of aryl methyl sites for hydroxylation is 2. The monoisotopic (exact) mass is 1040 g/mol. The third-order valence-corrected chi connectivity index (χ3v) is 13.7. The largest absolute Gasteiger partial charge is 0.417 e. The molecule has 3 nitrogen and oxygen atoms in total. The number of alkyl halides is 12. The van der Waals surface area contributed by atoms with E-state index in [4.69, 9.17) is 6.57 Å². The second kappa shape index (κ2) is 17.7. The summed E-state index contributed by atoms with van der Waals surface area (Å²) >= 11 is 0. The summed E-state index contributed by atoms with van der Waals surface area (Å²) in [6.07, 6.45) is -19.5. The van der Waals surface area contributed by atoms with E-state index in [0.29, 0.717) is 94.4 Å². The first kappa shape index (κ1) is 49.4. The number of rotatable bonds is 6. The van der Waals surface area contributed by atoms with Crippen LogP contribution in [-0.4, -0.2) is 9.13 Å². The van der Waals surface area contributed by atoms with Crippen LogP contribution in [0, 0.1) is 20.4 Å². The fourth-order valence-electron chi connectivity index (χ4n) is 10.4. The van der Waals surface area contributed by atoms with Gasteiger partial charge in [-0.2, -0.15) is 52.7 Å². The van der Waals surface area contributed by atoms with E-state index in [9.17, 15) is 52.7 Å². The lowest BCUT2D eigenvalue weighted by Gasteiger charge is -2.19. The Hall–Kier alpha value is -8.77. The van der Waals surface area contributed by atoms with Crippen LogP contribution >= 0.6 is 0 Å². The molecule has 0 unspecified atom stereocenters. The lowest BCUT2D eigenvalue weighted by Crippen LogP contribution is -2.12. The third kappa shape index (κ3) is 8.57. The Morgan fingerprint density at radius 1 is 0.355 bits per heavy atom.